The molecule has 0 saturated heterocycles. The number of nitrogens with zero attached hydrogens (tertiary/aromatic N) is 4. The lowest BCUT2D eigenvalue weighted by molar-refractivity contribution is 0.813. The molecule has 7 heteroatoms. The number of nitrogens with one attached hydrogen (secondary N) is 1. The van der Waals surface area contributed by atoms with Crippen molar-refractivity contribution in [2.45, 2.75) is 13.5 Å². The van der Waals surface area contributed by atoms with Crippen molar-refractivity contribution in [2.24, 2.45) is 0 Å². The highest BCUT2D eigenvalue weighted by atomic mass is 35.5. The minimum absolute atomic E-state index is 0.511. The van der Waals surface area contributed by atoms with Crippen molar-refractivity contribution in [3.63, 3.8) is 0 Å². The summed E-state index contributed by atoms with van der Waals surface area (Å²) < 4.78 is 1.91. The number of hydrogen-bond donors (Lipinski definition) is 1. The van der Waals surface area contributed by atoms with E-state index >= 15 is 0 Å². The molecule has 3 aromatic rings. The maximum Gasteiger partial charge on any atom is 0.165 e. The molecule has 3 rings (SSSR count). The highest BCUT2D eigenvalue weighted by Crippen LogP contribution is 2.26. The van der Waals surface area contributed by atoms with Crippen molar-refractivity contribution >= 4 is 40.2 Å². The van der Waals surface area contributed by atoms with Crippen LogP contribution >= 0.6 is 23.2 Å². The molecular formula is C14H13Cl2N5. The lowest BCUT2D eigenvalue weighted by Gasteiger charge is -2.08. The van der Waals surface area contributed by atoms with Gasteiger partial charge in [-0.15, -0.1) is 0 Å². The van der Waals surface area contributed by atoms with Crippen LogP contribution in [0.25, 0.3) is 11.2 Å². The zero-order valence-corrected chi connectivity index (χ0v) is 12.9. The van der Waals surface area contributed by atoms with E-state index in [9.17, 15) is 0 Å². The van der Waals surface area contributed by atoms with Crippen molar-refractivity contribution in [1.29, 1.82) is 0 Å². The molecule has 0 spiro atoms. The molecule has 1 aromatic carbocycles. The molecule has 1 N–H and O–H groups in total. The van der Waals surface area contributed by atoms with Gasteiger partial charge in [0, 0.05) is 22.2 Å². The summed E-state index contributed by atoms with van der Waals surface area (Å²) in [5.41, 5.74) is 2.34. The van der Waals surface area contributed by atoms with Crippen LogP contribution in [0.15, 0.2) is 30.9 Å². The monoisotopic (exact) mass is 321 g/mol. The predicted octanol–water partition coefficient (Wildman–Crippen LogP) is 3.61. The standard InChI is InChI=1S/C14H13Cl2N5/c1-2-17-13-12-14(19-7-18-13)21(8-20-12)6-9-10(15)4-3-5-11(9)16/h3-5,7-8H,2,6H2,1H3,(H,17,18,19). The largest absolute Gasteiger partial charge is 0.368 e. The molecule has 0 atom stereocenters. The van der Waals surface area contributed by atoms with Crippen LogP contribution in [0.3, 0.4) is 0 Å². The lowest BCUT2D eigenvalue weighted by atomic mass is 10.2. The molecule has 2 aromatic heterocycles. The van der Waals surface area contributed by atoms with E-state index < -0.39 is 0 Å². The van der Waals surface area contributed by atoms with Crippen LogP contribution in [0.5, 0.6) is 0 Å². The molecule has 0 saturated carbocycles. The second kappa shape index (κ2) is 5.87. The maximum absolute atomic E-state index is 6.22. The van der Waals surface area contributed by atoms with Crippen LogP contribution in [-0.4, -0.2) is 26.1 Å². The average Bonchev–Trinajstić information content (AvgIpc) is 2.88. The fourth-order valence-electron chi connectivity index (χ4n) is 2.15. The number of fused-ring (bicyclic) bond motifs is 1. The van der Waals surface area contributed by atoms with Crippen LogP contribution in [0, 0.1) is 0 Å². The Bertz CT molecular complexity index is 764. The van der Waals surface area contributed by atoms with Gasteiger partial charge in [0.25, 0.3) is 0 Å². The molecule has 108 valence electrons. The summed E-state index contributed by atoms with van der Waals surface area (Å²) in [6.07, 6.45) is 3.24. The summed E-state index contributed by atoms with van der Waals surface area (Å²) in [4.78, 5) is 12.9. The first-order valence-corrected chi connectivity index (χ1v) is 7.29. The van der Waals surface area contributed by atoms with Gasteiger partial charge in [-0.25, -0.2) is 15.0 Å². The molecule has 2 heterocycles. The average molecular weight is 322 g/mol. The Morgan fingerprint density at radius 1 is 1.14 bits per heavy atom. The molecule has 0 radical (unpaired) electrons. The summed E-state index contributed by atoms with van der Waals surface area (Å²) in [5, 5.41) is 4.43. The van der Waals surface area contributed by atoms with E-state index in [4.69, 9.17) is 23.2 Å². The molecule has 0 aliphatic carbocycles. The Balaban J connectivity index is 2.04. The van der Waals surface area contributed by atoms with Crippen LogP contribution in [0.2, 0.25) is 10.0 Å². The highest BCUT2D eigenvalue weighted by Gasteiger charge is 2.12. The first kappa shape index (κ1) is 14.1. The molecule has 0 unspecified atom stereocenters. The molecule has 21 heavy (non-hydrogen) atoms. The summed E-state index contributed by atoms with van der Waals surface area (Å²) in [5.74, 6) is 0.728. The highest BCUT2D eigenvalue weighted by molar-refractivity contribution is 6.36. The number of benzene rings is 1. The van der Waals surface area contributed by atoms with Gasteiger partial charge in [-0.05, 0) is 19.1 Å². The molecule has 0 bridgehead atoms. The zero-order valence-electron chi connectivity index (χ0n) is 11.3. The van der Waals surface area contributed by atoms with E-state index in [1.165, 1.54) is 6.33 Å². The van der Waals surface area contributed by atoms with Gasteiger partial charge in [0.05, 0.1) is 12.9 Å². The first-order chi connectivity index (χ1) is 10.2. The first-order valence-electron chi connectivity index (χ1n) is 6.53. The number of halogens is 2. The zero-order chi connectivity index (χ0) is 14.8. The fraction of sp³-hybridized carbons (Fsp3) is 0.214. The second-order valence-corrected chi connectivity index (χ2v) is 5.31. The van der Waals surface area contributed by atoms with E-state index in [1.807, 2.05) is 29.7 Å². The van der Waals surface area contributed by atoms with Gasteiger partial charge >= 0.3 is 0 Å². The third kappa shape index (κ3) is 2.66. The number of hydrogen-bond acceptors (Lipinski definition) is 4. The normalized spacial score (nSPS) is 11.0. The van der Waals surface area contributed by atoms with Crippen molar-refractivity contribution in [2.75, 3.05) is 11.9 Å². The van der Waals surface area contributed by atoms with Crippen molar-refractivity contribution in [3.05, 3.63) is 46.5 Å². The van der Waals surface area contributed by atoms with Crippen LogP contribution in [0.4, 0.5) is 5.82 Å². The van der Waals surface area contributed by atoms with Gasteiger partial charge in [0.2, 0.25) is 0 Å². The van der Waals surface area contributed by atoms with Crippen molar-refractivity contribution < 1.29 is 0 Å². The topological polar surface area (TPSA) is 55.6 Å². The quantitative estimate of drug-likeness (QED) is 0.797. The van der Waals surface area contributed by atoms with Crippen molar-refractivity contribution in [3.8, 4) is 0 Å². The summed E-state index contributed by atoms with van der Waals surface area (Å²) in [6, 6.07) is 5.47. The number of aromatic nitrogens is 4. The van der Waals surface area contributed by atoms with Crippen LogP contribution in [-0.2, 0) is 6.54 Å². The van der Waals surface area contributed by atoms with E-state index in [1.54, 1.807) is 6.33 Å². The summed E-state index contributed by atoms with van der Waals surface area (Å²) >= 11 is 12.4. The molecule has 0 aliphatic heterocycles. The van der Waals surface area contributed by atoms with Gasteiger partial charge in [-0.3, -0.25) is 0 Å². The van der Waals surface area contributed by atoms with E-state index in [2.05, 4.69) is 20.3 Å². The molecule has 0 fully saturated rings. The Morgan fingerprint density at radius 3 is 2.62 bits per heavy atom. The van der Waals surface area contributed by atoms with Gasteiger partial charge in [0.1, 0.15) is 11.8 Å². The van der Waals surface area contributed by atoms with Gasteiger partial charge in [0.15, 0.2) is 11.5 Å². The number of anilines is 1. The Kier molecular flexibility index (Phi) is 3.94. The molecule has 0 amide bonds. The SMILES string of the molecule is CCNc1ncnc2c1ncn2Cc1c(Cl)cccc1Cl. The number of imidazole rings is 1. The smallest absolute Gasteiger partial charge is 0.165 e. The molecule has 0 aliphatic rings. The third-order valence-electron chi connectivity index (χ3n) is 3.14. The molecular weight excluding hydrogens is 309 g/mol. The molecule has 5 nitrogen and oxygen atoms in total. The van der Waals surface area contributed by atoms with Gasteiger partial charge < -0.3 is 9.88 Å². The lowest BCUT2D eigenvalue weighted by Crippen LogP contribution is -2.03. The van der Waals surface area contributed by atoms with E-state index in [0.717, 1.165) is 29.1 Å². The third-order valence-corrected chi connectivity index (χ3v) is 3.84. The van der Waals surface area contributed by atoms with Gasteiger partial charge in [-0.1, -0.05) is 29.3 Å². The Labute approximate surface area is 131 Å². The van der Waals surface area contributed by atoms with Crippen LogP contribution in [0.1, 0.15) is 12.5 Å². The van der Waals surface area contributed by atoms with Crippen molar-refractivity contribution in [1.82, 2.24) is 19.5 Å². The number of rotatable bonds is 4. The van der Waals surface area contributed by atoms with Crippen LogP contribution < -0.4 is 5.32 Å². The summed E-state index contributed by atoms with van der Waals surface area (Å²) in [6.45, 7) is 3.29. The predicted molar refractivity (Wildman–Crippen MR) is 85.1 cm³/mol. The minimum atomic E-state index is 0.511. The van der Waals surface area contributed by atoms with E-state index in [-0.39, 0.29) is 0 Å². The van der Waals surface area contributed by atoms with E-state index in [0.29, 0.717) is 16.6 Å². The Morgan fingerprint density at radius 2 is 1.90 bits per heavy atom. The second-order valence-electron chi connectivity index (χ2n) is 4.50. The maximum atomic E-state index is 6.22. The Hall–Kier alpha value is -1.85. The van der Waals surface area contributed by atoms with Gasteiger partial charge in [-0.2, -0.15) is 0 Å². The minimum Gasteiger partial charge on any atom is -0.368 e. The fourth-order valence-corrected chi connectivity index (χ4v) is 2.66. The summed E-state index contributed by atoms with van der Waals surface area (Å²) in [7, 11) is 0.